The quantitative estimate of drug-likeness (QED) is 0.244. The molecule has 1 aromatic carbocycles. The van der Waals surface area contributed by atoms with Crippen LogP contribution in [0.5, 0.6) is 0 Å². The van der Waals surface area contributed by atoms with Crippen molar-refractivity contribution in [1.29, 1.82) is 0 Å². The zero-order valence-corrected chi connectivity index (χ0v) is 20.6. The predicted molar refractivity (Wildman–Crippen MR) is 123 cm³/mol. The molecule has 0 aromatic heterocycles. The molecule has 0 bridgehead atoms. The van der Waals surface area contributed by atoms with Crippen LogP contribution in [0.4, 0.5) is 0 Å². The predicted octanol–water partition coefficient (Wildman–Crippen LogP) is 5.56. The van der Waals surface area contributed by atoms with Crippen LogP contribution in [-0.2, 0) is 29.4 Å². The number of Topliss-reactive ketones (excluding diaryl/α,β-unsaturated/α-hetero) is 1. The minimum atomic E-state index is -3.39. The van der Waals surface area contributed by atoms with Crippen LogP contribution in [0.1, 0.15) is 70.3 Å². The highest BCUT2D eigenvalue weighted by molar-refractivity contribution is 7.83. The number of unbranched alkanes of at least 4 members (excludes halogenated alkanes) is 6. The van der Waals surface area contributed by atoms with Crippen molar-refractivity contribution < 1.29 is 22.6 Å². The molecule has 0 fully saturated rings. The minimum absolute atomic E-state index is 0.143. The topological polar surface area (TPSA) is 81.7 Å². The molecule has 172 valence electrons. The van der Waals surface area contributed by atoms with E-state index in [0.29, 0.717) is 4.90 Å². The van der Waals surface area contributed by atoms with Crippen LogP contribution < -0.4 is 4.72 Å². The number of rotatable bonds is 17. The molecule has 0 heterocycles. The van der Waals surface area contributed by atoms with E-state index in [1.165, 1.54) is 46.3 Å². The van der Waals surface area contributed by atoms with Crippen LogP contribution in [0.3, 0.4) is 0 Å². The largest absolute Gasteiger partial charge is 0.337 e. The Morgan fingerprint density at radius 3 is 2.17 bits per heavy atom. The van der Waals surface area contributed by atoms with Gasteiger partial charge in [-0.25, -0.2) is 8.93 Å². The van der Waals surface area contributed by atoms with Gasteiger partial charge in [-0.15, -0.1) is 0 Å². The van der Waals surface area contributed by atoms with Gasteiger partial charge in [0.1, 0.15) is 22.9 Å². The maximum atomic E-state index is 12.7. The van der Waals surface area contributed by atoms with Crippen molar-refractivity contribution in [3.63, 3.8) is 0 Å². The molecule has 0 amide bonds. The summed E-state index contributed by atoms with van der Waals surface area (Å²) in [7, 11) is -2.25. The lowest BCUT2D eigenvalue weighted by Gasteiger charge is -2.19. The van der Waals surface area contributed by atoms with Crippen molar-refractivity contribution in [2.45, 2.75) is 82.6 Å². The van der Waals surface area contributed by atoms with Crippen molar-refractivity contribution in [3.05, 3.63) is 29.8 Å². The Labute approximate surface area is 184 Å². The molecule has 0 aliphatic heterocycles. The van der Waals surface area contributed by atoms with Gasteiger partial charge in [-0.1, -0.05) is 69.6 Å². The summed E-state index contributed by atoms with van der Waals surface area (Å²) in [6, 6.07) is 7.24. The molecule has 1 N–H and O–H groups in total. The first-order valence-electron chi connectivity index (χ1n) is 10.8. The number of aryl methyl sites for hydroxylation is 1. The van der Waals surface area contributed by atoms with Crippen molar-refractivity contribution in [2.75, 3.05) is 20.4 Å². The Hall–Kier alpha value is -0.850. The molecule has 30 heavy (non-hydrogen) atoms. The third-order valence-corrected chi connectivity index (χ3v) is 8.17. The second-order valence-corrected chi connectivity index (χ2v) is 11.2. The maximum absolute atomic E-state index is 12.7. The smallest absolute Gasteiger partial charge is 0.312 e. The number of nitrogens with one attached hydrogen (secondary N) is 1. The Balaban J connectivity index is 2.65. The Morgan fingerprint density at radius 1 is 1.03 bits per heavy atom. The first-order chi connectivity index (χ1) is 14.3. The highest BCUT2D eigenvalue weighted by Gasteiger charge is 2.27. The van der Waals surface area contributed by atoms with E-state index in [0.717, 1.165) is 24.8 Å². The summed E-state index contributed by atoms with van der Waals surface area (Å²) in [4.78, 5) is 13.2. The fraction of sp³-hybridized carbons (Fsp3) is 0.682. The summed E-state index contributed by atoms with van der Waals surface area (Å²) in [5.74, 6) is -0.219. The number of carbonyl (C=O) groups excluding carboxylic acids is 1. The van der Waals surface area contributed by atoms with E-state index in [1.54, 1.807) is 0 Å². The molecule has 1 aromatic rings. The van der Waals surface area contributed by atoms with E-state index in [1.807, 2.05) is 31.2 Å². The van der Waals surface area contributed by atoms with Gasteiger partial charge in [-0.2, -0.15) is 0 Å². The zero-order valence-electron chi connectivity index (χ0n) is 18.9. The molecule has 8 heteroatoms. The Bertz CT molecular complexity index is 687. The SMILES string of the molecule is CCCCCCCCC[C@H](CC(=O)CP(=O)(OC)OC)N[S@](=O)c1ccc(C)cc1. The van der Waals surface area contributed by atoms with Gasteiger partial charge >= 0.3 is 7.60 Å². The molecule has 6 nitrogen and oxygen atoms in total. The number of hydrogen-bond donors (Lipinski definition) is 1. The summed E-state index contributed by atoms with van der Waals surface area (Å²) in [5.41, 5.74) is 1.10. The van der Waals surface area contributed by atoms with E-state index in [2.05, 4.69) is 11.6 Å². The normalized spacial score (nSPS) is 13.9. The summed E-state index contributed by atoms with van der Waals surface area (Å²) < 4.78 is 37.8. The van der Waals surface area contributed by atoms with Crippen LogP contribution in [-0.4, -0.2) is 36.4 Å². The number of ketones is 1. The second-order valence-electron chi connectivity index (χ2n) is 7.68. The molecule has 0 unspecified atom stereocenters. The molecule has 1 rings (SSSR count). The van der Waals surface area contributed by atoms with Crippen molar-refractivity contribution in [2.24, 2.45) is 0 Å². The van der Waals surface area contributed by atoms with Crippen LogP contribution in [0.25, 0.3) is 0 Å². The summed E-state index contributed by atoms with van der Waals surface area (Å²) in [6.45, 7) is 4.18. The fourth-order valence-corrected chi connectivity index (χ4v) is 5.18. The highest BCUT2D eigenvalue weighted by Crippen LogP contribution is 2.46. The fourth-order valence-electron chi connectivity index (χ4n) is 3.19. The molecule has 0 aliphatic rings. The van der Waals surface area contributed by atoms with E-state index >= 15 is 0 Å². The van der Waals surface area contributed by atoms with Crippen LogP contribution in [0, 0.1) is 6.92 Å². The van der Waals surface area contributed by atoms with Gasteiger partial charge in [0.2, 0.25) is 0 Å². The number of hydrogen-bond acceptors (Lipinski definition) is 5. The van der Waals surface area contributed by atoms with Crippen molar-refractivity contribution in [3.8, 4) is 0 Å². The average molecular weight is 460 g/mol. The van der Waals surface area contributed by atoms with Gasteiger partial charge in [-0.3, -0.25) is 9.36 Å². The summed E-state index contributed by atoms with van der Waals surface area (Å²) in [6.07, 6.45) is 8.81. The lowest BCUT2D eigenvalue weighted by Crippen LogP contribution is -2.33. The van der Waals surface area contributed by atoms with Gasteiger partial charge in [0, 0.05) is 26.7 Å². The maximum Gasteiger partial charge on any atom is 0.337 e. The Morgan fingerprint density at radius 2 is 1.60 bits per heavy atom. The lowest BCUT2D eigenvalue weighted by molar-refractivity contribution is -0.117. The summed E-state index contributed by atoms with van der Waals surface area (Å²) in [5, 5.41) is 0. The van der Waals surface area contributed by atoms with Crippen molar-refractivity contribution in [1.82, 2.24) is 4.72 Å². The van der Waals surface area contributed by atoms with Crippen molar-refractivity contribution >= 4 is 24.4 Å². The molecule has 0 spiro atoms. The molecular formula is C22H38NO5PS. The van der Waals surface area contributed by atoms with Gasteiger partial charge in [0.05, 0.1) is 4.90 Å². The lowest BCUT2D eigenvalue weighted by atomic mass is 10.0. The zero-order chi connectivity index (χ0) is 22.4. The van der Waals surface area contributed by atoms with Gasteiger partial charge in [-0.05, 0) is 25.5 Å². The molecular weight excluding hydrogens is 421 g/mol. The van der Waals surface area contributed by atoms with Crippen LogP contribution >= 0.6 is 7.60 Å². The molecule has 2 atom stereocenters. The number of carbonyl (C=O) groups is 1. The third-order valence-electron chi connectivity index (χ3n) is 5.07. The van der Waals surface area contributed by atoms with E-state index in [4.69, 9.17) is 9.05 Å². The second kappa shape index (κ2) is 15.0. The highest BCUT2D eigenvalue weighted by atomic mass is 32.2. The number of benzene rings is 1. The molecule has 0 radical (unpaired) electrons. The monoisotopic (exact) mass is 459 g/mol. The van der Waals surface area contributed by atoms with Gasteiger partial charge < -0.3 is 9.05 Å². The van der Waals surface area contributed by atoms with Crippen LogP contribution in [0.2, 0.25) is 0 Å². The average Bonchev–Trinajstić information content (AvgIpc) is 2.73. The summed E-state index contributed by atoms with van der Waals surface area (Å²) >= 11 is 0. The molecule has 0 saturated carbocycles. The third kappa shape index (κ3) is 11.0. The van der Waals surface area contributed by atoms with Gasteiger partial charge in [0.15, 0.2) is 0 Å². The first kappa shape index (κ1) is 27.2. The molecule has 0 saturated heterocycles. The van der Waals surface area contributed by atoms with E-state index < -0.39 is 18.6 Å². The standard InChI is InChI=1S/C22H38NO5PS/c1-5-6-7-8-9-10-11-12-20(17-21(24)18-29(25,27-3)28-4)23-30(26)22-15-13-19(2)14-16-22/h13-16,20,23H,5-12,17-18H2,1-4H3/t20-,30-/m1/s1. The minimum Gasteiger partial charge on any atom is -0.312 e. The van der Waals surface area contributed by atoms with E-state index in [-0.39, 0.29) is 24.4 Å². The van der Waals surface area contributed by atoms with E-state index in [9.17, 15) is 13.6 Å². The first-order valence-corrected chi connectivity index (χ1v) is 13.7. The molecule has 0 aliphatic carbocycles. The Kier molecular flexibility index (Phi) is 13.6. The van der Waals surface area contributed by atoms with Crippen LogP contribution in [0.15, 0.2) is 29.2 Å². The van der Waals surface area contributed by atoms with Gasteiger partial charge in [0.25, 0.3) is 0 Å².